The summed E-state index contributed by atoms with van der Waals surface area (Å²) in [5.74, 6) is 6.97. The molecular formula is C13H16Br2N4OS. The van der Waals surface area contributed by atoms with Crippen LogP contribution in [0, 0.1) is 0 Å². The van der Waals surface area contributed by atoms with E-state index in [2.05, 4.69) is 33.1 Å². The van der Waals surface area contributed by atoms with Crippen LogP contribution in [-0.4, -0.2) is 26.4 Å². The molecule has 0 amide bonds. The Hall–Kier alpha value is -0.860. The number of hydrogen-bond acceptors (Lipinski definition) is 5. The van der Waals surface area contributed by atoms with Crippen LogP contribution < -0.4 is 5.84 Å². The quantitative estimate of drug-likeness (QED) is 0.428. The maximum atomic E-state index is 12.0. The molecule has 0 bridgehead atoms. The fourth-order valence-corrected chi connectivity index (χ4v) is 2.68. The summed E-state index contributed by atoms with van der Waals surface area (Å²) in [6, 6.07) is 7.29. The average Bonchev–Trinajstić information content (AvgIpc) is 2.79. The first-order valence-corrected chi connectivity index (χ1v) is 8.00. The number of aryl methyl sites for hydroxylation is 1. The number of carbonyl (C=O) groups is 1. The number of carbonyl (C=O) groups excluding carboxylic acids is 1. The van der Waals surface area contributed by atoms with E-state index >= 15 is 0 Å². The Morgan fingerprint density at radius 2 is 2.00 bits per heavy atom. The fraction of sp³-hybridized carbons (Fsp3) is 0.308. The van der Waals surface area contributed by atoms with Crippen LogP contribution in [0.1, 0.15) is 29.5 Å². The summed E-state index contributed by atoms with van der Waals surface area (Å²) < 4.78 is 2.41. The smallest absolute Gasteiger partial charge is 0.210 e. The van der Waals surface area contributed by atoms with Gasteiger partial charge in [-0.3, -0.25) is 4.79 Å². The third-order valence-corrected chi connectivity index (χ3v) is 4.18. The molecule has 0 spiro atoms. The molecule has 0 atom stereocenters. The Balaban J connectivity index is 0.00000220. The van der Waals surface area contributed by atoms with Gasteiger partial charge in [-0.25, -0.2) is 4.68 Å². The lowest BCUT2D eigenvalue weighted by molar-refractivity contribution is 0.102. The van der Waals surface area contributed by atoms with E-state index in [1.807, 2.05) is 12.1 Å². The molecule has 2 rings (SSSR count). The highest BCUT2D eigenvalue weighted by atomic mass is 79.9. The van der Waals surface area contributed by atoms with Gasteiger partial charge in [-0.1, -0.05) is 46.7 Å². The molecule has 1 heterocycles. The lowest BCUT2D eigenvalue weighted by atomic mass is 10.2. The summed E-state index contributed by atoms with van der Waals surface area (Å²) in [6.07, 6.45) is 1.74. The zero-order valence-electron chi connectivity index (χ0n) is 11.5. The van der Waals surface area contributed by atoms with E-state index in [4.69, 9.17) is 5.84 Å². The van der Waals surface area contributed by atoms with Crippen LogP contribution in [-0.2, 0) is 6.42 Å². The molecular weight excluding hydrogens is 420 g/mol. The zero-order chi connectivity index (χ0) is 14.5. The molecule has 0 aliphatic rings. The van der Waals surface area contributed by atoms with Crippen LogP contribution in [0.3, 0.4) is 0 Å². The van der Waals surface area contributed by atoms with Crippen molar-refractivity contribution in [3.8, 4) is 0 Å². The van der Waals surface area contributed by atoms with Crippen LogP contribution >= 0.6 is 44.7 Å². The lowest BCUT2D eigenvalue weighted by Gasteiger charge is -2.03. The Morgan fingerprint density at radius 3 is 2.62 bits per heavy atom. The van der Waals surface area contributed by atoms with Gasteiger partial charge in [-0.15, -0.1) is 27.2 Å². The number of nitrogen functional groups attached to an aromatic ring is 1. The maximum absolute atomic E-state index is 12.0. The second-order valence-electron chi connectivity index (χ2n) is 4.24. The monoisotopic (exact) mass is 434 g/mol. The molecule has 0 saturated heterocycles. The van der Waals surface area contributed by atoms with Gasteiger partial charge in [-0.2, -0.15) is 0 Å². The van der Waals surface area contributed by atoms with Gasteiger partial charge in [0.2, 0.25) is 5.16 Å². The highest BCUT2D eigenvalue weighted by Gasteiger charge is 2.12. The van der Waals surface area contributed by atoms with Crippen molar-refractivity contribution in [2.45, 2.75) is 24.9 Å². The molecule has 0 aliphatic carbocycles. The normalized spacial score (nSPS) is 10.2. The van der Waals surface area contributed by atoms with E-state index in [9.17, 15) is 4.79 Å². The molecule has 5 nitrogen and oxygen atoms in total. The van der Waals surface area contributed by atoms with Gasteiger partial charge in [0.15, 0.2) is 11.6 Å². The Kier molecular flexibility index (Phi) is 7.41. The van der Waals surface area contributed by atoms with Gasteiger partial charge in [0.05, 0.1) is 5.75 Å². The predicted molar refractivity (Wildman–Crippen MR) is 93.7 cm³/mol. The van der Waals surface area contributed by atoms with Crippen LogP contribution in [0.5, 0.6) is 0 Å². The first-order valence-electron chi connectivity index (χ1n) is 6.22. The zero-order valence-corrected chi connectivity index (χ0v) is 15.6. The minimum atomic E-state index is 0. The summed E-state index contributed by atoms with van der Waals surface area (Å²) in [7, 11) is 0. The third-order valence-electron chi connectivity index (χ3n) is 2.71. The van der Waals surface area contributed by atoms with Crippen LogP contribution in [0.4, 0.5) is 0 Å². The van der Waals surface area contributed by atoms with Crippen LogP contribution in [0.2, 0.25) is 0 Å². The topological polar surface area (TPSA) is 73.8 Å². The predicted octanol–water partition coefficient (Wildman–Crippen LogP) is 3.26. The molecule has 0 saturated carbocycles. The van der Waals surface area contributed by atoms with Crippen LogP contribution in [0.25, 0.3) is 0 Å². The second-order valence-corrected chi connectivity index (χ2v) is 6.10. The molecule has 2 N–H and O–H groups in total. The SMILES string of the molecule is Br.CCCc1nnc(SCC(=O)c2ccc(Br)cc2)n1N. The summed E-state index contributed by atoms with van der Waals surface area (Å²) in [5.41, 5.74) is 0.678. The summed E-state index contributed by atoms with van der Waals surface area (Å²) in [6.45, 7) is 2.05. The van der Waals surface area contributed by atoms with Gasteiger partial charge >= 0.3 is 0 Å². The van der Waals surface area contributed by atoms with E-state index in [-0.39, 0.29) is 22.8 Å². The Labute approximate surface area is 146 Å². The highest BCUT2D eigenvalue weighted by Crippen LogP contribution is 2.18. The summed E-state index contributed by atoms with van der Waals surface area (Å²) in [5, 5.41) is 8.59. The molecule has 1 aromatic heterocycles. The van der Waals surface area contributed by atoms with Crippen molar-refractivity contribution in [1.29, 1.82) is 0 Å². The first-order chi connectivity index (χ1) is 9.61. The lowest BCUT2D eigenvalue weighted by Crippen LogP contribution is -2.14. The van der Waals surface area contributed by atoms with Gasteiger partial charge in [0, 0.05) is 16.5 Å². The number of halogens is 2. The number of benzene rings is 1. The highest BCUT2D eigenvalue weighted by molar-refractivity contribution is 9.10. The minimum Gasteiger partial charge on any atom is -0.336 e. The van der Waals surface area contributed by atoms with Crippen molar-refractivity contribution < 1.29 is 4.79 Å². The number of nitrogens with zero attached hydrogens (tertiary/aromatic N) is 3. The number of Topliss-reactive ketones (excluding diaryl/α,β-unsaturated/α-hetero) is 1. The molecule has 0 radical (unpaired) electrons. The molecule has 21 heavy (non-hydrogen) atoms. The van der Waals surface area contributed by atoms with E-state index in [1.54, 1.807) is 12.1 Å². The van der Waals surface area contributed by atoms with E-state index in [0.29, 0.717) is 16.5 Å². The molecule has 0 unspecified atom stereocenters. The number of rotatable bonds is 6. The van der Waals surface area contributed by atoms with E-state index in [1.165, 1.54) is 16.4 Å². The minimum absolute atomic E-state index is 0. The number of nitrogens with two attached hydrogens (primary N) is 1. The van der Waals surface area contributed by atoms with Crippen molar-refractivity contribution in [2.75, 3.05) is 11.6 Å². The summed E-state index contributed by atoms with van der Waals surface area (Å²) in [4.78, 5) is 12.0. The number of aromatic nitrogens is 3. The van der Waals surface area contributed by atoms with Gasteiger partial charge in [0.25, 0.3) is 0 Å². The third kappa shape index (κ3) is 4.82. The molecule has 1 aromatic carbocycles. The van der Waals surface area contributed by atoms with Crippen molar-refractivity contribution in [3.05, 3.63) is 40.1 Å². The summed E-state index contributed by atoms with van der Waals surface area (Å²) >= 11 is 4.65. The fourth-order valence-electron chi connectivity index (χ4n) is 1.65. The molecule has 114 valence electrons. The van der Waals surface area contributed by atoms with Crippen LogP contribution in [0.15, 0.2) is 33.9 Å². The number of hydrogen-bond donors (Lipinski definition) is 1. The average molecular weight is 436 g/mol. The second kappa shape index (κ2) is 8.55. The van der Waals surface area contributed by atoms with Crippen molar-refractivity contribution in [3.63, 3.8) is 0 Å². The molecule has 0 aliphatic heterocycles. The van der Waals surface area contributed by atoms with Gasteiger partial charge < -0.3 is 5.84 Å². The molecule has 0 fully saturated rings. The molecule has 8 heteroatoms. The number of thioether (sulfide) groups is 1. The Morgan fingerprint density at radius 1 is 1.33 bits per heavy atom. The largest absolute Gasteiger partial charge is 0.336 e. The van der Waals surface area contributed by atoms with Crippen molar-refractivity contribution in [2.24, 2.45) is 0 Å². The van der Waals surface area contributed by atoms with Crippen molar-refractivity contribution >= 4 is 50.5 Å². The number of ketones is 1. The van der Waals surface area contributed by atoms with Crippen molar-refractivity contribution in [1.82, 2.24) is 14.9 Å². The standard InChI is InChI=1S/C13H15BrN4OS.BrH/c1-2-3-12-16-17-13(18(12)15)20-8-11(19)9-4-6-10(14)7-5-9;/h4-7H,2-3,8,15H2,1H3;1H. The molecule has 2 aromatic rings. The van der Waals surface area contributed by atoms with Gasteiger partial charge in [-0.05, 0) is 18.6 Å². The maximum Gasteiger partial charge on any atom is 0.210 e. The Bertz CT molecular complexity index is 601. The van der Waals surface area contributed by atoms with E-state index < -0.39 is 0 Å². The first kappa shape index (κ1) is 18.2. The van der Waals surface area contributed by atoms with Gasteiger partial charge in [0.1, 0.15) is 0 Å². The van der Waals surface area contributed by atoms with E-state index in [0.717, 1.165) is 23.1 Å².